The maximum atomic E-state index is 12.1. The second-order valence-corrected chi connectivity index (χ2v) is 6.17. The van der Waals surface area contributed by atoms with Crippen LogP contribution in [0.2, 0.25) is 0 Å². The van der Waals surface area contributed by atoms with Gasteiger partial charge in [0.05, 0.1) is 6.54 Å². The summed E-state index contributed by atoms with van der Waals surface area (Å²) in [6.45, 7) is 3.96. The van der Waals surface area contributed by atoms with E-state index in [0.29, 0.717) is 18.6 Å². The number of nitrogens with one attached hydrogen (secondary N) is 1. The minimum absolute atomic E-state index is 0.0768. The molecule has 6 heteroatoms. The van der Waals surface area contributed by atoms with Gasteiger partial charge in [-0.15, -0.1) is 0 Å². The first-order valence-electron chi connectivity index (χ1n) is 7.67. The number of urea groups is 1. The molecule has 0 bridgehead atoms. The zero-order valence-corrected chi connectivity index (χ0v) is 12.2. The molecule has 0 unspecified atom stereocenters. The van der Waals surface area contributed by atoms with Crippen LogP contribution in [0.4, 0.5) is 4.79 Å². The van der Waals surface area contributed by atoms with Crippen LogP contribution in [0.5, 0.6) is 0 Å². The van der Waals surface area contributed by atoms with Crippen LogP contribution in [0.1, 0.15) is 25.7 Å². The smallest absolute Gasteiger partial charge is 0.317 e. The summed E-state index contributed by atoms with van der Waals surface area (Å²) in [7, 11) is 1.92. The Kier molecular flexibility index (Phi) is 3.83. The van der Waals surface area contributed by atoms with Gasteiger partial charge in [0, 0.05) is 45.3 Å². The van der Waals surface area contributed by atoms with Crippen LogP contribution in [-0.2, 0) is 4.79 Å². The van der Waals surface area contributed by atoms with E-state index in [1.807, 2.05) is 16.8 Å². The van der Waals surface area contributed by atoms with Crippen molar-refractivity contribution in [1.82, 2.24) is 20.0 Å². The third-order valence-corrected chi connectivity index (χ3v) is 4.73. The molecule has 1 saturated carbocycles. The molecule has 3 rings (SSSR count). The molecule has 112 valence electrons. The molecule has 2 aliphatic heterocycles. The normalized spacial score (nSPS) is 24.9. The highest BCUT2D eigenvalue weighted by atomic mass is 16.2. The van der Waals surface area contributed by atoms with E-state index in [1.54, 1.807) is 0 Å². The van der Waals surface area contributed by atoms with Gasteiger partial charge in [0.2, 0.25) is 5.91 Å². The molecule has 1 aliphatic carbocycles. The SMILES string of the molecule is CN(C(=O)CN1CCC(N2CCNC2=O)CC1)C1CC1. The third kappa shape index (κ3) is 2.90. The summed E-state index contributed by atoms with van der Waals surface area (Å²) in [5, 5.41) is 2.86. The van der Waals surface area contributed by atoms with E-state index >= 15 is 0 Å². The van der Waals surface area contributed by atoms with Crippen molar-refractivity contribution in [3.63, 3.8) is 0 Å². The summed E-state index contributed by atoms with van der Waals surface area (Å²) >= 11 is 0. The van der Waals surface area contributed by atoms with Gasteiger partial charge in [0.25, 0.3) is 0 Å². The van der Waals surface area contributed by atoms with Gasteiger partial charge in [-0.05, 0) is 25.7 Å². The van der Waals surface area contributed by atoms with Crippen molar-refractivity contribution >= 4 is 11.9 Å². The number of piperidine rings is 1. The van der Waals surface area contributed by atoms with Crippen LogP contribution < -0.4 is 5.32 Å². The molecule has 3 fully saturated rings. The molecular formula is C14H24N4O2. The van der Waals surface area contributed by atoms with Crippen molar-refractivity contribution in [2.75, 3.05) is 39.8 Å². The first kappa shape index (κ1) is 13.7. The Balaban J connectivity index is 1.44. The van der Waals surface area contributed by atoms with Crippen molar-refractivity contribution in [3.05, 3.63) is 0 Å². The van der Waals surface area contributed by atoms with Crippen LogP contribution in [0.15, 0.2) is 0 Å². The number of hydrogen-bond acceptors (Lipinski definition) is 3. The highest BCUT2D eigenvalue weighted by molar-refractivity contribution is 5.78. The van der Waals surface area contributed by atoms with E-state index in [4.69, 9.17) is 0 Å². The van der Waals surface area contributed by atoms with E-state index in [1.165, 1.54) is 0 Å². The van der Waals surface area contributed by atoms with Gasteiger partial charge >= 0.3 is 6.03 Å². The highest BCUT2D eigenvalue weighted by Gasteiger charge is 2.33. The number of likely N-dealkylation sites (tertiary alicyclic amines) is 1. The Labute approximate surface area is 120 Å². The van der Waals surface area contributed by atoms with Crippen LogP contribution in [0.3, 0.4) is 0 Å². The topological polar surface area (TPSA) is 55.9 Å². The van der Waals surface area contributed by atoms with E-state index in [0.717, 1.165) is 51.9 Å². The van der Waals surface area contributed by atoms with Gasteiger partial charge in [0.15, 0.2) is 0 Å². The van der Waals surface area contributed by atoms with Gasteiger partial charge in [-0.2, -0.15) is 0 Å². The molecule has 1 N–H and O–H groups in total. The van der Waals surface area contributed by atoms with E-state index in [2.05, 4.69) is 10.2 Å². The predicted octanol–water partition coefficient (Wildman–Crippen LogP) is 0.0968. The van der Waals surface area contributed by atoms with Crippen molar-refractivity contribution in [1.29, 1.82) is 0 Å². The number of rotatable bonds is 4. The molecule has 0 aromatic carbocycles. The van der Waals surface area contributed by atoms with Gasteiger partial charge in [-0.25, -0.2) is 4.79 Å². The molecule has 0 atom stereocenters. The molecule has 0 spiro atoms. The highest BCUT2D eigenvalue weighted by Crippen LogP contribution is 2.25. The zero-order chi connectivity index (χ0) is 14.1. The Bertz CT molecular complexity index is 389. The second-order valence-electron chi connectivity index (χ2n) is 6.17. The first-order valence-corrected chi connectivity index (χ1v) is 7.67. The standard InChI is InChI=1S/C14H24N4O2/c1-16(11-2-3-11)13(19)10-17-7-4-12(5-8-17)18-9-6-15-14(18)20/h11-12H,2-10H2,1H3,(H,15,20). The summed E-state index contributed by atoms with van der Waals surface area (Å²) in [4.78, 5) is 29.8. The molecule has 20 heavy (non-hydrogen) atoms. The van der Waals surface area contributed by atoms with Crippen molar-refractivity contribution < 1.29 is 9.59 Å². The minimum Gasteiger partial charge on any atom is -0.342 e. The molecule has 0 aromatic rings. The lowest BCUT2D eigenvalue weighted by Gasteiger charge is -2.36. The number of nitrogens with zero attached hydrogens (tertiary/aromatic N) is 3. The van der Waals surface area contributed by atoms with E-state index in [9.17, 15) is 9.59 Å². The quantitative estimate of drug-likeness (QED) is 0.794. The van der Waals surface area contributed by atoms with Crippen molar-refractivity contribution in [2.45, 2.75) is 37.8 Å². The Morgan fingerprint density at radius 1 is 1.25 bits per heavy atom. The number of hydrogen-bond donors (Lipinski definition) is 1. The number of amides is 3. The van der Waals surface area contributed by atoms with Crippen molar-refractivity contribution in [3.8, 4) is 0 Å². The number of likely N-dealkylation sites (N-methyl/N-ethyl adjacent to an activating group) is 1. The molecule has 0 radical (unpaired) electrons. The molecule has 6 nitrogen and oxygen atoms in total. The number of carbonyl (C=O) groups excluding carboxylic acids is 2. The molecule has 3 aliphatic rings. The second kappa shape index (κ2) is 5.60. The molecule has 0 aromatic heterocycles. The maximum Gasteiger partial charge on any atom is 0.317 e. The van der Waals surface area contributed by atoms with E-state index < -0.39 is 0 Å². The van der Waals surface area contributed by atoms with Crippen molar-refractivity contribution in [2.24, 2.45) is 0 Å². The fraction of sp³-hybridized carbons (Fsp3) is 0.857. The van der Waals surface area contributed by atoms with Gasteiger partial charge in [-0.1, -0.05) is 0 Å². The zero-order valence-electron chi connectivity index (χ0n) is 12.2. The van der Waals surface area contributed by atoms with Crippen LogP contribution >= 0.6 is 0 Å². The summed E-state index contributed by atoms with van der Waals surface area (Å²) < 4.78 is 0. The summed E-state index contributed by atoms with van der Waals surface area (Å²) in [5.41, 5.74) is 0. The third-order valence-electron chi connectivity index (χ3n) is 4.73. The van der Waals surface area contributed by atoms with Crippen LogP contribution in [0.25, 0.3) is 0 Å². The fourth-order valence-corrected chi connectivity index (χ4v) is 3.19. The Morgan fingerprint density at radius 2 is 1.95 bits per heavy atom. The van der Waals surface area contributed by atoms with Gasteiger partial charge in [-0.3, -0.25) is 9.69 Å². The van der Waals surface area contributed by atoms with Crippen LogP contribution in [0, 0.1) is 0 Å². The molecule has 3 amide bonds. The largest absolute Gasteiger partial charge is 0.342 e. The minimum atomic E-state index is 0.0768. The monoisotopic (exact) mass is 280 g/mol. The number of carbonyl (C=O) groups is 2. The van der Waals surface area contributed by atoms with E-state index in [-0.39, 0.29) is 11.9 Å². The average Bonchev–Trinajstić information content (AvgIpc) is 3.21. The Hall–Kier alpha value is -1.30. The maximum absolute atomic E-state index is 12.1. The van der Waals surface area contributed by atoms with Gasteiger partial charge < -0.3 is 15.1 Å². The fourth-order valence-electron chi connectivity index (χ4n) is 3.19. The van der Waals surface area contributed by atoms with Gasteiger partial charge in [0.1, 0.15) is 0 Å². The first-order chi connectivity index (χ1) is 9.65. The molecular weight excluding hydrogens is 256 g/mol. The summed E-state index contributed by atoms with van der Waals surface area (Å²) in [6, 6.07) is 0.923. The Morgan fingerprint density at radius 3 is 2.50 bits per heavy atom. The lowest BCUT2D eigenvalue weighted by atomic mass is 10.0. The summed E-state index contributed by atoms with van der Waals surface area (Å²) in [5.74, 6) is 0.241. The predicted molar refractivity (Wildman–Crippen MR) is 75.4 cm³/mol. The summed E-state index contributed by atoms with van der Waals surface area (Å²) in [6.07, 6.45) is 4.28. The lowest BCUT2D eigenvalue weighted by Crippen LogP contribution is -2.48. The molecule has 2 heterocycles. The lowest BCUT2D eigenvalue weighted by molar-refractivity contribution is -0.132. The molecule has 2 saturated heterocycles. The average molecular weight is 280 g/mol. The van der Waals surface area contributed by atoms with Crippen LogP contribution in [-0.4, -0.2) is 78.5 Å².